The molecule has 0 saturated heterocycles. The van der Waals surface area contributed by atoms with Crippen LogP contribution in [0, 0.1) is 0 Å². The van der Waals surface area contributed by atoms with E-state index in [4.69, 9.17) is 4.74 Å². The van der Waals surface area contributed by atoms with Crippen molar-refractivity contribution in [3.63, 3.8) is 0 Å². The second kappa shape index (κ2) is 5.77. The highest BCUT2D eigenvalue weighted by Crippen LogP contribution is 2.30. The third kappa shape index (κ3) is 2.62. The Balaban J connectivity index is 1.76. The lowest BCUT2D eigenvalue weighted by atomic mass is 9.92. The molecule has 1 aliphatic heterocycles. The van der Waals surface area contributed by atoms with Crippen LogP contribution in [0.1, 0.15) is 29.7 Å². The van der Waals surface area contributed by atoms with Crippen LogP contribution >= 0.6 is 0 Å². The molecular weight excluding hydrogens is 252 g/mol. The molecule has 0 fully saturated rings. The van der Waals surface area contributed by atoms with Crippen LogP contribution in [0.15, 0.2) is 36.7 Å². The Morgan fingerprint density at radius 1 is 1.45 bits per heavy atom. The minimum Gasteiger partial charge on any atom is -0.390 e. The van der Waals surface area contributed by atoms with Crippen LogP contribution in [0.3, 0.4) is 0 Å². The van der Waals surface area contributed by atoms with Gasteiger partial charge in [-0.1, -0.05) is 24.3 Å². The van der Waals surface area contributed by atoms with Crippen molar-refractivity contribution < 1.29 is 9.84 Å². The Morgan fingerprint density at radius 3 is 3.10 bits per heavy atom. The summed E-state index contributed by atoms with van der Waals surface area (Å²) in [5.74, 6) is 0. The van der Waals surface area contributed by atoms with E-state index in [2.05, 4.69) is 17.2 Å². The molecule has 4 nitrogen and oxygen atoms in total. The molecule has 0 spiro atoms. The summed E-state index contributed by atoms with van der Waals surface area (Å²) in [5.41, 5.74) is 3.45. The Labute approximate surface area is 119 Å². The standard InChI is InChI=1S/C16H20N2O2/c1-2-18-11-12(10-17-18)9-15(19)16-14-6-4-3-5-13(14)7-8-20-16/h3-6,10-11,15-16,19H,2,7-9H2,1H3. The summed E-state index contributed by atoms with van der Waals surface area (Å²) in [4.78, 5) is 0. The highest BCUT2D eigenvalue weighted by Gasteiger charge is 2.27. The number of aryl methyl sites for hydroxylation is 1. The molecule has 2 atom stereocenters. The van der Waals surface area contributed by atoms with Gasteiger partial charge in [0.1, 0.15) is 6.10 Å². The fraction of sp³-hybridized carbons (Fsp3) is 0.438. The van der Waals surface area contributed by atoms with Gasteiger partial charge in [0.15, 0.2) is 0 Å². The highest BCUT2D eigenvalue weighted by molar-refractivity contribution is 5.32. The number of aromatic nitrogens is 2. The van der Waals surface area contributed by atoms with Crippen molar-refractivity contribution in [3.05, 3.63) is 53.3 Å². The molecule has 1 aromatic carbocycles. The maximum atomic E-state index is 10.5. The van der Waals surface area contributed by atoms with E-state index in [0.29, 0.717) is 13.0 Å². The molecule has 2 heterocycles. The Morgan fingerprint density at radius 2 is 2.30 bits per heavy atom. The molecule has 3 rings (SSSR count). The van der Waals surface area contributed by atoms with Crippen LogP contribution < -0.4 is 0 Å². The molecule has 0 aliphatic carbocycles. The number of hydrogen-bond donors (Lipinski definition) is 1. The van der Waals surface area contributed by atoms with Crippen LogP contribution in [0.4, 0.5) is 0 Å². The van der Waals surface area contributed by atoms with Gasteiger partial charge in [0, 0.05) is 19.2 Å². The van der Waals surface area contributed by atoms with Crippen molar-refractivity contribution in [3.8, 4) is 0 Å². The zero-order chi connectivity index (χ0) is 13.9. The number of rotatable bonds is 4. The predicted molar refractivity (Wildman–Crippen MR) is 76.5 cm³/mol. The minimum atomic E-state index is -0.536. The van der Waals surface area contributed by atoms with Gasteiger partial charge in [-0.05, 0) is 30.0 Å². The molecule has 0 radical (unpaired) electrons. The van der Waals surface area contributed by atoms with Crippen molar-refractivity contribution >= 4 is 0 Å². The number of aliphatic hydroxyl groups is 1. The van der Waals surface area contributed by atoms with Gasteiger partial charge < -0.3 is 9.84 Å². The molecule has 106 valence electrons. The Kier molecular flexibility index (Phi) is 3.85. The van der Waals surface area contributed by atoms with E-state index in [-0.39, 0.29) is 6.10 Å². The van der Waals surface area contributed by atoms with Gasteiger partial charge in [0.05, 0.1) is 18.9 Å². The molecule has 0 saturated carbocycles. The van der Waals surface area contributed by atoms with E-state index in [1.54, 1.807) is 0 Å². The first-order chi connectivity index (χ1) is 9.78. The van der Waals surface area contributed by atoms with Gasteiger partial charge in [-0.25, -0.2) is 0 Å². The van der Waals surface area contributed by atoms with Crippen molar-refractivity contribution in [2.24, 2.45) is 0 Å². The van der Waals surface area contributed by atoms with Crippen molar-refractivity contribution in [1.29, 1.82) is 0 Å². The lowest BCUT2D eigenvalue weighted by Gasteiger charge is -2.29. The number of aliphatic hydroxyl groups excluding tert-OH is 1. The number of hydrogen-bond acceptors (Lipinski definition) is 3. The van der Waals surface area contributed by atoms with Gasteiger partial charge in [0.2, 0.25) is 0 Å². The fourth-order valence-electron chi connectivity index (χ4n) is 2.78. The monoisotopic (exact) mass is 272 g/mol. The van der Waals surface area contributed by atoms with E-state index in [9.17, 15) is 5.11 Å². The van der Waals surface area contributed by atoms with Gasteiger partial charge in [0.25, 0.3) is 0 Å². The third-order valence-corrected chi connectivity index (χ3v) is 3.84. The summed E-state index contributed by atoms with van der Waals surface area (Å²) in [6.07, 6.45) is 4.53. The smallest absolute Gasteiger partial charge is 0.109 e. The molecule has 0 amide bonds. The third-order valence-electron chi connectivity index (χ3n) is 3.84. The largest absolute Gasteiger partial charge is 0.390 e. The highest BCUT2D eigenvalue weighted by atomic mass is 16.5. The number of ether oxygens (including phenoxy) is 1. The SMILES string of the molecule is CCn1cc(CC(O)C2OCCc3ccccc32)cn1. The van der Waals surface area contributed by atoms with Gasteiger partial charge in [-0.2, -0.15) is 5.10 Å². The maximum absolute atomic E-state index is 10.5. The second-order valence-electron chi connectivity index (χ2n) is 5.22. The molecule has 1 aromatic heterocycles. The quantitative estimate of drug-likeness (QED) is 0.927. The lowest BCUT2D eigenvalue weighted by Crippen LogP contribution is -2.28. The molecule has 0 bridgehead atoms. The normalized spacial score (nSPS) is 19.6. The van der Waals surface area contributed by atoms with Crippen LogP contribution in [-0.2, 0) is 24.1 Å². The van der Waals surface area contributed by atoms with E-state index in [1.807, 2.05) is 36.1 Å². The van der Waals surface area contributed by atoms with Crippen LogP contribution in [0.25, 0.3) is 0 Å². The van der Waals surface area contributed by atoms with Crippen molar-refractivity contribution in [1.82, 2.24) is 9.78 Å². The first-order valence-corrected chi connectivity index (χ1v) is 7.16. The maximum Gasteiger partial charge on any atom is 0.109 e. The number of fused-ring (bicyclic) bond motifs is 1. The second-order valence-corrected chi connectivity index (χ2v) is 5.22. The molecule has 1 aliphatic rings. The summed E-state index contributed by atoms with van der Waals surface area (Å²) in [6.45, 7) is 3.57. The van der Waals surface area contributed by atoms with Gasteiger partial charge in [-0.3, -0.25) is 4.68 Å². The fourth-order valence-corrected chi connectivity index (χ4v) is 2.78. The molecule has 2 unspecified atom stereocenters. The van der Waals surface area contributed by atoms with Gasteiger partial charge in [-0.15, -0.1) is 0 Å². The molecular formula is C16H20N2O2. The van der Waals surface area contributed by atoms with Crippen LogP contribution in [-0.4, -0.2) is 27.6 Å². The van der Waals surface area contributed by atoms with E-state index < -0.39 is 6.10 Å². The summed E-state index contributed by atoms with van der Waals surface area (Å²) in [6, 6.07) is 8.21. The summed E-state index contributed by atoms with van der Waals surface area (Å²) >= 11 is 0. The summed E-state index contributed by atoms with van der Waals surface area (Å²) < 4.78 is 7.67. The Hall–Kier alpha value is -1.65. The first-order valence-electron chi connectivity index (χ1n) is 7.16. The molecule has 2 aromatic rings. The van der Waals surface area contributed by atoms with Crippen LogP contribution in [0.5, 0.6) is 0 Å². The predicted octanol–water partition coefficient (Wildman–Crippen LogP) is 2.12. The molecule has 1 N–H and O–H groups in total. The minimum absolute atomic E-state index is 0.232. The first kappa shape index (κ1) is 13.3. The molecule has 20 heavy (non-hydrogen) atoms. The average molecular weight is 272 g/mol. The zero-order valence-electron chi connectivity index (χ0n) is 11.7. The van der Waals surface area contributed by atoms with Crippen molar-refractivity contribution in [2.45, 2.75) is 38.5 Å². The van der Waals surface area contributed by atoms with E-state index in [1.165, 1.54) is 5.56 Å². The topological polar surface area (TPSA) is 47.3 Å². The average Bonchev–Trinajstić information content (AvgIpc) is 2.94. The molecule has 4 heteroatoms. The van der Waals surface area contributed by atoms with Crippen LogP contribution in [0.2, 0.25) is 0 Å². The summed E-state index contributed by atoms with van der Waals surface area (Å²) in [5, 5.41) is 14.7. The summed E-state index contributed by atoms with van der Waals surface area (Å²) in [7, 11) is 0. The lowest BCUT2D eigenvalue weighted by molar-refractivity contribution is -0.0460. The van der Waals surface area contributed by atoms with Crippen molar-refractivity contribution in [2.75, 3.05) is 6.61 Å². The van der Waals surface area contributed by atoms with Gasteiger partial charge >= 0.3 is 0 Å². The zero-order valence-corrected chi connectivity index (χ0v) is 11.7. The Bertz CT molecular complexity index is 579. The van der Waals surface area contributed by atoms with E-state index >= 15 is 0 Å². The number of nitrogens with zero attached hydrogens (tertiary/aromatic N) is 2. The number of benzene rings is 1. The van der Waals surface area contributed by atoms with E-state index in [0.717, 1.165) is 24.1 Å².